The standard InChI is InChI=1S/C17H26N4O4S/c18-16(22)13-25-14-6-11-20(12-7-14)17-15(5-4-8-19-17)26(23,24)21-9-2-1-3-10-21/h4-5,8,14H,1-3,6-7,9-13H2,(H2,18,22). The zero-order valence-electron chi connectivity index (χ0n) is 14.8. The van der Waals surface area contributed by atoms with Crippen molar-refractivity contribution >= 4 is 21.7 Å². The van der Waals surface area contributed by atoms with Crippen molar-refractivity contribution in [1.29, 1.82) is 0 Å². The van der Waals surface area contributed by atoms with Gasteiger partial charge in [0.1, 0.15) is 17.3 Å². The second-order valence-corrected chi connectivity index (χ2v) is 8.66. The van der Waals surface area contributed by atoms with Crippen molar-refractivity contribution in [1.82, 2.24) is 9.29 Å². The number of sulfonamides is 1. The predicted molar refractivity (Wildman–Crippen MR) is 97.2 cm³/mol. The number of hydrogen-bond acceptors (Lipinski definition) is 6. The molecule has 2 aliphatic heterocycles. The van der Waals surface area contributed by atoms with Gasteiger partial charge in [-0.25, -0.2) is 13.4 Å². The van der Waals surface area contributed by atoms with Gasteiger partial charge in [0.15, 0.2) is 0 Å². The molecule has 0 spiro atoms. The molecular formula is C17H26N4O4S. The Labute approximate surface area is 154 Å². The first kappa shape index (κ1) is 19.1. The molecule has 1 aromatic rings. The van der Waals surface area contributed by atoms with Gasteiger partial charge in [-0.05, 0) is 37.8 Å². The highest BCUT2D eigenvalue weighted by Gasteiger charge is 2.31. The van der Waals surface area contributed by atoms with E-state index in [2.05, 4.69) is 4.98 Å². The number of hydrogen-bond donors (Lipinski definition) is 1. The minimum absolute atomic E-state index is 0.0374. The third-order valence-corrected chi connectivity index (χ3v) is 6.81. The molecule has 2 fully saturated rings. The van der Waals surface area contributed by atoms with Crippen molar-refractivity contribution in [3.05, 3.63) is 18.3 Å². The highest BCUT2D eigenvalue weighted by Crippen LogP contribution is 2.29. The maximum absolute atomic E-state index is 13.1. The van der Waals surface area contributed by atoms with Gasteiger partial charge >= 0.3 is 0 Å². The summed E-state index contributed by atoms with van der Waals surface area (Å²) in [7, 11) is -3.54. The number of anilines is 1. The Balaban J connectivity index is 1.73. The molecule has 1 amide bonds. The van der Waals surface area contributed by atoms with Crippen molar-refractivity contribution < 1.29 is 17.9 Å². The number of aromatic nitrogens is 1. The summed E-state index contributed by atoms with van der Waals surface area (Å²) in [6.07, 6.45) is 5.87. The number of carbonyl (C=O) groups is 1. The van der Waals surface area contributed by atoms with Crippen LogP contribution >= 0.6 is 0 Å². The van der Waals surface area contributed by atoms with E-state index in [-0.39, 0.29) is 17.6 Å². The van der Waals surface area contributed by atoms with Crippen LogP contribution in [-0.4, -0.2) is 62.5 Å². The number of primary amides is 1. The number of pyridine rings is 1. The molecule has 0 bridgehead atoms. The molecule has 0 atom stereocenters. The molecule has 26 heavy (non-hydrogen) atoms. The molecule has 0 radical (unpaired) electrons. The van der Waals surface area contributed by atoms with Gasteiger partial charge in [0.2, 0.25) is 15.9 Å². The summed E-state index contributed by atoms with van der Waals surface area (Å²) < 4.78 is 33.2. The summed E-state index contributed by atoms with van der Waals surface area (Å²) in [4.78, 5) is 17.5. The van der Waals surface area contributed by atoms with Gasteiger partial charge in [-0.2, -0.15) is 4.31 Å². The van der Waals surface area contributed by atoms with Crippen LogP contribution in [0.1, 0.15) is 32.1 Å². The third-order valence-electron chi connectivity index (χ3n) is 4.89. The first-order chi connectivity index (χ1) is 12.5. The van der Waals surface area contributed by atoms with Crippen molar-refractivity contribution in [2.75, 3.05) is 37.7 Å². The van der Waals surface area contributed by atoms with Crippen LogP contribution < -0.4 is 10.6 Å². The summed E-state index contributed by atoms with van der Waals surface area (Å²) in [6, 6.07) is 3.31. The van der Waals surface area contributed by atoms with Crippen LogP contribution in [0.2, 0.25) is 0 Å². The van der Waals surface area contributed by atoms with Crippen LogP contribution in [-0.2, 0) is 19.6 Å². The fourth-order valence-electron chi connectivity index (χ4n) is 3.50. The predicted octanol–water partition coefficient (Wildman–Crippen LogP) is 0.727. The lowest BCUT2D eigenvalue weighted by Gasteiger charge is -2.34. The minimum Gasteiger partial charge on any atom is -0.368 e. The number of rotatable bonds is 6. The van der Waals surface area contributed by atoms with Crippen LogP contribution in [0.3, 0.4) is 0 Å². The molecule has 2 saturated heterocycles. The van der Waals surface area contributed by atoms with E-state index in [1.54, 1.807) is 22.6 Å². The van der Waals surface area contributed by atoms with Crippen LogP contribution in [0.25, 0.3) is 0 Å². The molecule has 0 aromatic carbocycles. The van der Waals surface area contributed by atoms with Gasteiger partial charge in [-0.1, -0.05) is 6.42 Å². The molecule has 0 saturated carbocycles. The van der Waals surface area contributed by atoms with Crippen LogP contribution in [0, 0.1) is 0 Å². The first-order valence-corrected chi connectivity index (χ1v) is 10.5. The molecule has 8 nitrogen and oxygen atoms in total. The van der Waals surface area contributed by atoms with Gasteiger partial charge in [0.25, 0.3) is 0 Å². The second kappa shape index (κ2) is 8.32. The van der Waals surface area contributed by atoms with E-state index < -0.39 is 15.9 Å². The zero-order valence-corrected chi connectivity index (χ0v) is 15.7. The van der Waals surface area contributed by atoms with Crippen molar-refractivity contribution in [3.8, 4) is 0 Å². The molecule has 3 rings (SSSR count). The third kappa shape index (κ3) is 4.33. The van der Waals surface area contributed by atoms with Crippen LogP contribution in [0.4, 0.5) is 5.82 Å². The lowest BCUT2D eigenvalue weighted by Crippen LogP contribution is -2.40. The summed E-state index contributed by atoms with van der Waals surface area (Å²) in [5.41, 5.74) is 5.11. The largest absolute Gasteiger partial charge is 0.368 e. The number of nitrogens with two attached hydrogens (primary N) is 1. The van der Waals surface area contributed by atoms with Crippen molar-refractivity contribution in [2.24, 2.45) is 5.73 Å². The van der Waals surface area contributed by atoms with Crippen LogP contribution in [0.15, 0.2) is 23.2 Å². The quantitative estimate of drug-likeness (QED) is 0.777. The highest BCUT2D eigenvalue weighted by atomic mass is 32.2. The number of nitrogens with zero attached hydrogens (tertiary/aromatic N) is 3. The molecule has 0 aliphatic carbocycles. The second-order valence-electron chi connectivity index (χ2n) is 6.75. The summed E-state index contributed by atoms with van der Waals surface area (Å²) >= 11 is 0. The average molecular weight is 382 g/mol. The Morgan fingerprint density at radius 3 is 2.54 bits per heavy atom. The lowest BCUT2D eigenvalue weighted by molar-refractivity contribution is -0.124. The first-order valence-electron chi connectivity index (χ1n) is 9.08. The maximum Gasteiger partial charge on any atom is 0.246 e. The molecule has 144 valence electrons. The maximum atomic E-state index is 13.1. The fourth-order valence-corrected chi connectivity index (χ4v) is 5.18. The monoisotopic (exact) mass is 382 g/mol. The summed E-state index contributed by atoms with van der Waals surface area (Å²) in [5.74, 6) is 0.0264. The van der Waals surface area contributed by atoms with Gasteiger partial charge in [-0.3, -0.25) is 4.79 Å². The topological polar surface area (TPSA) is 106 Å². The Morgan fingerprint density at radius 2 is 1.88 bits per heavy atom. The van der Waals surface area contributed by atoms with E-state index in [9.17, 15) is 13.2 Å². The normalized spacial score (nSPS) is 20.2. The number of amides is 1. The van der Waals surface area contributed by atoms with Gasteiger partial charge in [-0.15, -0.1) is 0 Å². The van der Waals surface area contributed by atoms with E-state index in [1.165, 1.54) is 0 Å². The summed E-state index contributed by atoms with van der Waals surface area (Å²) in [6.45, 7) is 2.31. The minimum atomic E-state index is -3.54. The van der Waals surface area contributed by atoms with Crippen LogP contribution in [0.5, 0.6) is 0 Å². The number of ether oxygens (including phenoxy) is 1. The van der Waals surface area contributed by atoms with E-state index in [4.69, 9.17) is 10.5 Å². The number of piperidine rings is 2. The molecule has 2 aliphatic rings. The van der Waals surface area contributed by atoms with Gasteiger partial charge in [0, 0.05) is 32.4 Å². The van der Waals surface area contributed by atoms with Crippen molar-refractivity contribution in [2.45, 2.75) is 43.1 Å². The lowest BCUT2D eigenvalue weighted by atomic mass is 10.1. The number of carbonyl (C=O) groups excluding carboxylic acids is 1. The van der Waals surface area contributed by atoms with E-state index in [1.807, 2.05) is 4.90 Å². The Bertz CT molecular complexity index is 726. The van der Waals surface area contributed by atoms with E-state index in [0.29, 0.717) is 44.8 Å². The highest BCUT2D eigenvalue weighted by molar-refractivity contribution is 7.89. The summed E-state index contributed by atoms with van der Waals surface area (Å²) in [5, 5.41) is 0. The smallest absolute Gasteiger partial charge is 0.246 e. The van der Waals surface area contributed by atoms with E-state index in [0.717, 1.165) is 19.3 Å². The Morgan fingerprint density at radius 1 is 1.19 bits per heavy atom. The van der Waals surface area contributed by atoms with Gasteiger partial charge in [0.05, 0.1) is 6.10 Å². The molecule has 1 aromatic heterocycles. The molecule has 3 heterocycles. The molecule has 2 N–H and O–H groups in total. The molecule has 9 heteroatoms. The fraction of sp³-hybridized carbons (Fsp3) is 0.647. The average Bonchev–Trinajstić information content (AvgIpc) is 2.67. The zero-order chi connectivity index (χ0) is 18.6. The van der Waals surface area contributed by atoms with E-state index >= 15 is 0 Å². The Kier molecular flexibility index (Phi) is 6.10. The van der Waals surface area contributed by atoms with Crippen molar-refractivity contribution in [3.63, 3.8) is 0 Å². The molecule has 0 unspecified atom stereocenters. The molecular weight excluding hydrogens is 356 g/mol. The SMILES string of the molecule is NC(=O)COC1CCN(c2ncccc2S(=O)(=O)N2CCCCC2)CC1. The van der Waals surface area contributed by atoms with Gasteiger partial charge < -0.3 is 15.4 Å². The Hall–Kier alpha value is -1.71.